The smallest absolute Gasteiger partial charge is 0.224 e. The average molecular weight is 371 g/mol. The zero-order valence-corrected chi connectivity index (χ0v) is 15.7. The Morgan fingerprint density at radius 3 is 2.79 bits per heavy atom. The molecule has 1 unspecified atom stereocenters. The molecule has 24 heavy (non-hydrogen) atoms. The molecule has 1 fully saturated rings. The number of carbonyl (C=O) groups is 1. The van der Waals surface area contributed by atoms with Gasteiger partial charge >= 0.3 is 0 Å². The maximum atomic E-state index is 12.3. The summed E-state index contributed by atoms with van der Waals surface area (Å²) in [6.07, 6.45) is 1.51. The van der Waals surface area contributed by atoms with Gasteiger partial charge in [-0.1, -0.05) is 30.3 Å². The fraction of sp³-hybridized carbons (Fsp3) is 0.588. The molecule has 1 amide bonds. The van der Waals surface area contributed by atoms with Crippen molar-refractivity contribution < 1.29 is 13.2 Å². The van der Waals surface area contributed by atoms with Crippen LogP contribution in [-0.2, 0) is 20.6 Å². The molecule has 1 N–H and O–H groups in total. The standard InChI is InChI=1S/C17H26N2O3S2/c1-2-24(21,22)19-11-6-9-16(13-19)17(20)18-10-12-23-14-15-7-4-3-5-8-15/h3-5,7-8,16H,2,6,9-14H2,1H3,(H,18,20). The molecule has 1 heterocycles. The zero-order chi connectivity index (χ0) is 17.4. The van der Waals surface area contributed by atoms with Crippen LogP contribution in [0.25, 0.3) is 0 Å². The molecule has 2 rings (SSSR count). The lowest BCUT2D eigenvalue weighted by molar-refractivity contribution is -0.125. The Morgan fingerprint density at radius 2 is 2.08 bits per heavy atom. The number of hydrogen-bond acceptors (Lipinski definition) is 4. The molecule has 0 bridgehead atoms. The molecule has 1 saturated heterocycles. The van der Waals surface area contributed by atoms with E-state index < -0.39 is 10.0 Å². The molecule has 0 aliphatic carbocycles. The van der Waals surface area contributed by atoms with Gasteiger partial charge in [-0.15, -0.1) is 0 Å². The van der Waals surface area contributed by atoms with E-state index in [1.807, 2.05) is 18.2 Å². The second-order valence-corrected chi connectivity index (χ2v) is 9.29. The van der Waals surface area contributed by atoms with E-state index in [0.717, 1.165) is 24.3 Å². The molecule has 0 saturated carbocycles. The molecular formula is C17H26N2O3S2. The molecule has 1 atom stereocenters. The quantitative estimate of drug-likeness (QED) is 0.712. The number of hydrogen-bond donors (Lipinski definition) is 1. The zero-order valence-electron chi connectivity index (χ0n) is 14.1. The number of nitrogens with one attached hydrogen (secondary N) is 1. The third-order valence-electron chi connectivity index (χ3n) is 4.17. The highest BCUT2D eigenvalue weighted by Crippen LogP contribution is 2.19. The van der Waals surface area contributed by atoms with Gasteiger partial charge in [0.15, 0.2) is 0 Å². The average Bonchev–Trinajstić information content (AvgIpc) is 2.62. The number of benzene rings is 1. The fourth-order valence-corrected chi connectivity index (χ4v) is 4.75. The lowest BCUT2D eigenvalue weighted by Gasteiger charge is -2.30. The highest BCUT2D eigenvalue weighted by Gasteiger charge is 2.31. The first-order valence-corrected chi connectivity index (χ1v) is 11.2. The topological polar surface area (TPSA) is 66.5 Å². The maximum Gasteiger partial charge on any atom is 0.224 e. The van der Waals surface area contributed by atoms with E-state index >= 15 is 0 Å². The predicted octanol–water partition coefficient (Wildman–Crippen LogP) is 2.10. The first-order valence-electron chi connectivity index (χ1n) is 8.40. The summed E-state index contributed by atoms with van der Waals surface area (Å²) in [4.78, 5) is 12.3. The number of carbonyl (C=O) groups excluding carboxylic acids is 1. The van der Waals surface area contributed by atoms with Crippen molar-refractivity contribution in [3.63, 3.8) is 0 Å². The van der Waals surface area contributed by atoms with Gasteiger partial charge in [-0.3, -0.25) is 4.79 Å². The Hall–Kier alpha value is -1.05. The normalized spacial score (nSPS) is 19.1. The van der Waals surface area contributed by atoms with Crippen molar-refractivity contribution in [2.24, 2.45) is 5.92 Å². The Labute approximate surface area is 149 Å². The van der Waals surface area contributed by atoms with E-state index in [1.54, 1.807) is 18.7 Å². The predicted molar refractivity (Wildman–Crippen MR) is 99.4 cm³/mol. The van der Waals surface area contributed by atoms with Crippen LogP contribution >= 0.6 is 11.8 Å². The van der Waals surface area contributed by atoms with Gasteiger partial charge in [0.25, 0.3) is 0 Å². The van der Waals surface area contributed by atoms with Gasteiger partial charge in [-0.25, -0.2) is 12.7 Å². The molecule has 1 aromatic rings. The molecule has 0 radical (unpaired) electrons. The number of thioether (sulfide) groups is 1. The Kier molecular flexibility index (Phi) is 7.58. The van der Waals surface area contributed by atoms with Crippen LogP contribution in [0.3, 0.4) is 0 Å². The van der Waals surface area contributed by atoms with Gasteiger partial charge in [0.05, 0.1) is 11.7 Å². The summed E-state index contributed by atoms with van der Waals surface area (Å²) < 4.78 is 25.4. The molecule has 1 aromatic carbocycles. The van der Waals surface area contributed by atoms with Crippen molar-refractivity contribution in [3.05, 3.63) is 35.9 Å². The number of amides is 1. The largest absolute Gasteiger partial charge is 0.355 e. The molecule has 1 aliphatic rings. The summed E-state index contributed by atoms with van der Waals surface area (Å²) in [5.41, 5.74) is 1.28. The molecule has 0 spiro atoms. The minimum absolute atomic E-state index is 0.0219. The first kappa shape index (κ1) is 19.3. The van der Waals surface area contributed by atoms with Gasteiger partial charge in [0.2, 0.25) is 15.9 Å². The Morgan fingerprint density at radius 1 is 1.33 bits per heavy atom. The van der Waals surface area contributed by atoms with E-state index in [-0.39, 0.29) is 17.6 Å². The van der Waals surface area contributed by atoms with Crippen LogP contribution in [-0.4, -0.2) is 49.8 Å². The minimum Gasteiger partial charge on any atom is -0.355 e. The van der Waals surface area contributed by atoms with Crippen LogP contribution in [0, 0.1) is 5.92 Å². The summed E-state index contributed by atoms with van der Waals surface area (Å²) in [6.45, 7) is 3.11. The molecule has 134 valence electrons. The monoisotopic (exact) mass is 370 g/mol. The van der Waals surface area contributed by atoms with Crippen LogP contribution in [0.5, 0.6) is 0 Å². The Balaban J connectivity index is 1.68. The van der Waals surface area contributed by atoms with E-state index in [1.165, 1.54) is 9.87 Å². The highest BCUT2D eigenvalue weighted by molar-refractivity contribution is 7.98. The van der Waals surface area contributed by atoms with Gasteiger partial charge in [-0.05, 0) is 25.3 Å². The van der Waals surface area contributed by atoms with Crippen molar-refractivity contribution in [1.29, 1.82) is 0 Å². The molecule has 1 aliphatic heterocycles. The second kappa shape index (κ2) is 9.44. The number of rotatable bonds is 8. The van der Waals surface area contributed by atoms with E-state index in [0.29, 0.717) is 19.6 Å². The summed E-state index contributed by atoms with van der Waals surface area (Å²) >= 11 is 1.78. The van der Waals surface area contributed by atoms with Crippen LogP contribution in [0.1, 0.15) is 25.3 Å². The summed E-state index contributed by atoms with van der Waals surface area (Å²) in [6, 6.07) is 10.2. The summed E-state index contributed by atoms with van der Waals surface area (Å²) in [7, 11) is -3.20. The van der Waals surface area contributed by atoms with Crippen LogP contribution in [0.15, 0.2) is 30.3 Å². The van der Waals surface area contributed by atoms with Crippen molar-refractivity contribution >= 4 is 27.7 Å². The Bertz CT molecular complexity index is 620. The third kappa shape index (κ3) is 5.79. The van der Waals surface area contributed by atoms with Gasteiger partial charge in [-0.2, -0.15) is 11.8 Å². The van der Waals surface area contributed by atoms with Crippen molar-refractivity contribution in [3.8, 4) is 0 Å². The summed E-state index contributed by atoms with van der Waals surface area (Å²) in [5, 5.41) is 2.95. The lowest BCUT2D eigenvalue weighted by atomic mass is 9.99. The van der Waals surface area contributed by atoms with Crippen LogP contribution < -0.4 is 5.32 Å². The van der Waals surface area contributed by atoms with Crippen molar-refractivity contribution in [2.45, 2.75) is 25.5 Å². The van der Waals surface area contributed by atoms with Gasteiger partial charge < -0.3 is 5.32 Å². The van der Waals surface area contributed by atoms with Crippen LogP contribution in [0.2, 0.25) is 0 Å². The third-order valence-corrected chi connectivity index (χ3v) is 7.05. The second-order valence-electron chi connectivity index (χ2n) is 5.93. The summed E-state index contributed by atoms with van der Waals surface area (Å²) in [5.74, 6) is 1.63. The highest BCUT2D eigenvalue weighted by atomic mass is 32.2. The van der Waals surface area contributed by atoms with Gasteiger partial charge in [0, 0.05) is 31.1 Å². The number of nitrogens with zero attached hydrogens (tertiary/aromatic N) is 1. The molecule has 7 heteroatoms. The molecule has 0 aromatic heterocycles. The van der Waals surface area contributed by atoms with E-state index in [2.05, 4.69) is 17.4 Å². The minimum atomic E-state index is -3.20. The van der Waals surface area contributed by atoms with E-state index in [4.69, 9.17) is 0 Å². The lowest BCUT2D eigenvalue weighted by Crippen LogP contribution is -2.46. The van der Waals surface area contributed by atoms with Crippen molar-refractivity contribution in [1.82, 2.24) is 9.62 Å². The van der Waals surface area contributed by atoms with Crippen molar-refractivity contribution in [2.75, 3.05) is 31.1 Å². The van der Waals surface area contributed by atoms with Crippen LogP contribution in [0.4, 0.5) is 0 Å². The fourth-order valence-electron chi connectivity index (χ4n) is 2.75. The molecule has 5 nitrogen and oxygen atoms in total. The van der Waals surface area contributed by atoms with E-state index in [9.17, 15) is 13.2 Å². The SMILES string of the molecule is CCS(=O)(=O)N1CCCC(C(=O)NCCSCc2ccccc2)C1. The number of piperidine rings is 1. The maximum absolute atomic E-state index is 12.3. The molecular weight excluding hydrogens is 344 g/mol. The first-order chi connectivity index (χ1) is 11.5. The van der Waals surface area contributed by atoms with Gasteiger partial charge in [0.1, 0.15) is 0 Å². The number of sulfonamides is 1.